The number of fused-ring (bicyclic) bond motifs is 1. The Morgan fingerprint density at radius 3 is 2.62 bits per heavy atom. The molecule has 10 heteroatoms. The Hall–Kier alpha value is -2.78. The highest BCUT2D eigenvalue weighted by molar-refractivity contribution is 6.05. The molecule has 128 valence electrons. The summed E-state index contributed by atoms with van der Waals surface area (Å²) >= 11 is 0. The number of phenols is 1. The molecule has 2 fully saturated rings. The van der Waals surface area contributed by atoms with E-state index < -0.39 is 46.9 Å². The number of piperazine rings is 1. The molecular formula is C14H12F3N3O4. The first-order valence-electron chi connectivity index (χ1n) is 6.99. The van der Waals surface area contributed by atoms with Crippen LogP contribution >= 0.6 is 0 Å². The number of carbonyl (C=O) groups excluding carboxylic acids is 3. The molecule has 4 amide bonds. The number of phenolic OH excluding ortho intramolecular Hbond substituents is 1. The summed E-state index contributed by atoms with van der Waals surface area (Å²) in [6, 6.07) is 0.732. The minimum atomic E-state index is -4.76. The van der Waals surface area contributed by atoms with Crippen LogP contribution in [-0.4, -0.2) is 58.4 Å². The standard InChI is InChI=1S/C14H12F3N3O4/c15-14(16,17)9-2-1-7(21)5-8(9)12(23)19-3-4-20-10(6-19)11(22)18-13(20)24/h1-2,5,10,21H,3-4,6H2,(H,18,22,24). The number of hydrogen-bond donors (Lipinski definition) is 2. The van der Waals surface area contributed by atoms with E-state index in [1.807, 2.05) is 0 Å². The molecule has 1 aromatic rings. The average Bonchev–Trinajstić information content (AvgIpc) is 2.79. The fourth-order valence-electron chi connectivity index (χ4n) is 2.82. The highest BCUT2D eigenvalue weighted by Crippen LogP contribution is 2.34. The highest BCUT2D eigenvalue weighted by Gasteiger charge is 2.44. The summed E-state index contributed by atoms with van der Waals surface area (Å²) in [4.78, 5) is 38.0. The summed E-state index contributed by atoms with van der Waals surface area (Å²) in [6.45, 7) is -0.180. The van der Waals surface area contributed by atoms with E-state index in [4.69, 9.17) is 0 Å². The summed E-state index contributed by atoms with van der Waals surface area (Å²) < 4.78 is 39.2. The normalized spacial score (nSPS) is 20.9. The van der Waals surface area contributed by atoms with Crippen molar-refractivity contribution >= 4 is 17.8 Å². The highest BCUT2D eigenvalue weighted by atomic mass is 19.4. The van der Waals surface area contributed by atoms with E-state index in [1.54, 1.807) is 0 Å². The van der Waals surface area contributed by atoms with E-state index in [2.05, 4.69) is 5.32 Å². The molecular weight excluding hydrogens is 331 g/mol. The second-order valence-electron chi connectivity index (χ2n) is 5.48. The summed E-state index contributed by atoms with van der Waals surface area (Å²) in [5, 5.41) is 11.5. The van der Waals surface area contributed by atoms with E-state index in [9.17, 15) is 32.7 Å². The Kier molecular flexibility index (Phi) is 3.61. The van der Waals surface area contributed by atoms with Gasteiger partial charge in [-0.25, -0.2) is 4.79 Å². The molecule has 3 rings (SSSR count). The number of amides is 4. The second kappa shape index (κ2) is 5.39. The van der Waals surface area contributed by atoms with Crippen LogP contribution in [-0.2, 0) is 11.0 Å². The molecule has 2 N–H and O–H groups in total. The van der Waals surface area contributed by atoms with Crippen LogP contribution in [0.15, 0.2) is 18.2 Å². The third-order valence-corrected chi connectivity index (χ3v) is 4.00. The lowest BCUT2D eigenvalue weighted by Crippen LogP contribution is -2.54. The Bertz CT molecular complexity index is 734. The summed E-state index contributed by atoms with van der Waals surface area (Å²) in [5.41, 5.74) is -1.86. The Labute approximate surface area is 133 Å². The summed E-state index contributed by atoms with van der Waals surface area (Å²) in [6.07, 6.45) is -4.76. The molecule has 24 heavy (non-hydrogen) atoms. The topological polar surface area (TPSA) is 90.0 Å². The number of carbonyl (C=O) groups is 3. The van der Waals surface area contributed by atoms with Crippen molar-refractivity contribution < 1.29 is 32.7 Å². The predicted octanol–water partition coefficient (Wildman–Crippen LogP) is 0.787. The van der Waals surface area contributed by atoms with Gasteiger partial charge in [-0.15, -0.1) is 0 Å². The molecule has 0 spiro atoms. The van der Waals surface area contributed by atoms with Crippen LogP contribution in [0.5, 0.6) is 5.75 Å². The van der Waals surface area contributed by atoms with Crippen LogP contribution in [0.2, 0.25) is 0 Å². The van der Waals surface area contributed by atoms with Crippen molar-refractivity contribution in [2.75, 3.05) is 19.6 Å². The van der Waals surface area contributed by atoms with Gasteiger partial charge in [0, 0.05) is 13.1 Å². The third kappa shape index (κ3) is 2.63. The van der Waals surface area contributed by atoms with Gasteiger partial charge in [-0.1, -0.05) is 0 Å². The smallest absolute Gasteiger partial charge is 0.417 e. The van der Waals surface area contributed by atoms with Crippen LogP contribution in [0.3, 0.4) is 0 Å². The molecule has 1 atom stereocenters. The second-order valence-corrected chi connectivity index (χ2v) is 5.48. The first-order valence-corrected chi connectivity index (χ1v) is 6.99. The monoisotopic (exact) mass is 343 g/mol. The zero-order valence-corrected chi connectivity index (χ0v) is 12.1. The van der Waals surface area contributed by atoms with Gasteiger partial charge in [-0.2, -0.15) is 13.2 Å². The molecule has 0 aromatic heterocycles. The number of benzene rings is 1. The first-order chi connectivity index (χ1) is 11.2. The van der Waals surface area contributed by atoms with E-state index in [1.165, 1.54) is 4.90 Å². The molecule has 7 nitrogen and oxygen atoms in total. The lowest BCUT2D eigenvalue weighted by Gasteiger charge is -2.35. The van der Waals surface area contributed by atoms with Gasteiger partial charge < -0.3 is 14.9 Å². The molecule has 0 aliphatic carbocycles. The number of hydrogen-bond acceptors (Lipinski definition) is 4. The Balaban J connectivity index is 1.89. The van der Waals surface area contributed by atoms with E-state index in [-0.39, 0.29) is 19.6 Å². The lowest BCUT2D eigenvalue weighted by molar-refractivity contribution is -0.138. The van der Waals surface area contributed by atoms with Gasteiger partial charge in [-0.05, 0) is 18.2 Å². The zero-order chi connectivity index (χ0) is 17.6. The number of rotatable bonds is 1. The fourth-order valence-corrected chi connectivity index (χ4v) is 2.82. The van der Waals surface area contributed by atoms with Gasteiger partial charge in [0.2, 0.25) is 0 Å². The number of aromatic hydroxyl groups is 1. The van der Waals surface area contributed by atoms with Crippen molar-refractivity contribution in [1.29, 1.82) is 0 Å². The molecule has 1 aromatic carbocycles. The largest absolute Gasteiger partial charge is 0.508 e. The van der Waals surface area contributed by atoms with Gasteiger partial charge in [0.15, 0.2) is 0 Å². The predicted molar refractivity (Wildman–Crippen MR) is 73.0 cm³/mol. The van der Waals surface area contributed by atoms with E-state index >= 15 is 0 Å². The number of imide groups is 1. The quantitative estimate of drug-likeness (QED) is 0.738. The van der Waals surface area contributed by atoms with Gasteiger partial charge in [0.25, 0.3) is 11.8 Å². The summed E-state index contributed by atoms with van der Waals surface area (Å²) in [7, 11) is 0. The number of urea groups is 1. The van der Waals surface area contributed by atoms with Crippen molar-refractivity contribution in [3.05, 3.63) is 29.3 Å². The Morgan fingerprint density at radius 1 is 1.25 bits per heavy atom. The maximum absolute atomic E-state index is 13.1. The van der Waals surface area contributed by atoms with Crippen LogP contribution in [0.25, 0.3) is 0 Å². The van der Waals surface area contributed by atoms with E-state index in [0.29, 0.717) is 6.07 Å². The molecule has 2 aliphatic heterocycles. The van der Waals surface area contributed by atoms with Crippen molar-refractivity contribution in [3.8, 4) is 5.75 Å². The lowest BCUT2D eigenvalue weighted by atomic mass is 10.0. The molecule has 2 heterocycles. The molecule has 0 bridgehead atoms. The van der Waals surface area contributed by atoms with Gasteiger partial charge in [0.1, 0.15) is 11.8 Å². The molecule has 0 radical (unpaired) electrons. The fraction of sp³-hybridized carbons (Fsp3) is 0.357. The molecule has 2 aliphatic rings. The van der Waals surface area contributed by atoms with E-state index in [0.717, 1.165) is 17.0 Å². The number of nitrogens with one attached hydrogen (secondary N) is 1. The van der Waals surface area contributed by atoms with Crippen molar-refractivity contribution in [2.24, 2.45) is 0 Å². The van der Waals surface area contributed by atoms with Crippen LogP contribution in [0, 0.1) is 0 Å². The molecule has 2 saturated heterocycles. The minimum absolute atomic E-state index is 0.0109. The average molecular weight is 343 g/mol. The van der Waals surface area contributed by atoms with Gasteiger partial charge >= 0.3 is 12.2 Å². The van der Waals surface area contributed by atoms with Crippen LogP contribution < -0.4 is 5.32 Å². The van der Waals surface area contributed by atoms with Crippen LogP contribution in [0.4, 0.5) is 18.0 Å². The van der Waals surface area contributed by atoms with Gasteiger partial charge in [-0.3, -0.25) is 14.9 Å². The maximum Gasteiger partial charge on any atom is 0.417 e. The summed E-state index contributed by atoms with van der Waals surface area (Å²) in [5.74, 6) is -2.02. The zero-order valence-electron chi connectivity index (χ0n) is 12.1. The van der Waals surface area contributed by atoms with Gasteiger partial charge in [0.05, 0.1) is 17.7 Å². The minimum Gasteiger partial charge on any atom is -0.508 e. The molecule has 1 unspecified atom stereocenters. The number of alkyl halides is 3. The maximum atomic E-state index is 13.1. The number of halogens is 3. The van der Waals surface area contributed by atoms with Crippen molar-refractivity contribution in [1.82, 2.24) is 15.1 Å². The first kappa shape index (κ1) is 16.1. The molecule has 0 saturated carbocycles. The van der Waals surface area contributed by atoms with Crippen molar-refractivity contribution in [3.63, 3.8) is 0 Å². The number of nitrogens with zero attached hydrogens (tertiary/aromatic N) is 2. The SMILES string of the molecule is O=C1NC(=O)N2CCN(C(=O)c3cc(O)ccc3C(F)(F)F)CC12. The Morgan fingerprint density at radius 2 is 1.96 bits per heavy atom. The van der Waals surface area contributed by atoms with Crippen LogP contribution in [0.1, 0.15) is 15.9 Å². The third-order valence-electron chi connectivity index (χ3n) is 4.00. The van der Waals surface area contributed by atoms with Crippen molar-refractivity contribution in [2.45, 2.75) is 12.2 Å².